The van der Waals surface area contributed by atoms with E-state index >= 15 is 0 Å². The van der Waals surface area contributed by atoms with Gasteiger partial charge in [-0.1, -0.05) is 0 Å². The van der Waals surface area contributed by atoms with Crippen LogP contribution in [0.15, 0.2) is 0 Å². The Morgan fingerprint density at radius 1 is 1.33 bits per heavy atom. The Bertz CT molecular complexity index is 61.6. The van der Waals surface area contributed by atoms with E-state index in [0.29, 0.717) is 0 Å². The Morgan fingerprint density at radius 2 is 1.50 bits per heavy atom. The Morgan fingerprint density at radius 3 is 1.50 bits per heavy atom. The van der Waals surface area contributed by atoms with E-state index in [1.807, 2.05) is 0 Å². The third-order valence-electron chi connectivity index (χ3n) is 0.378. The molecular formula is C2H6Br2SiZr. The van der Waals surface area contributed by atoms with Crippen LogP contribution >= 0.6 is 24.4 Å². The van der Waals surface area contributed by atoms with Crippen molar-refractivity contribution in [2.24, 2.45) is 0 Å². The zero-order chi connectivity index (χ0) is 5.15. The topological polar surface area (TPSA) is 0 Å². The SMILES string of the molecule is C[Si](C)=[Zr]([Br])[Br]. The van der Waals surface area contributed by atoms with Gasteiger partial charge in [0.2, 0.25) is 0 Å². The van der Waals surface area contributed by atoms with Gasteiger partial charge in [-0.15, -0.1) is 0 Å². The molecular weight excluding hydrogens is 303 g/mol. The fourth-order valence-corrected chi connectivity index (χ4v) is 0. The van der Waals surface area contributed by atoms with Crippen molar-refractivity contribution >= 4 is 29.9 Å². The molecule has 0 unspecified atom stereocenters. The third kappa shape index (κ3) is 4.23. The zero-order valence-corrected chi connectivity index (χ0v) is 10.4. The van der Waals surface area contributed by atoms with Crippen molar-refractivity contribution in [3.63, 3.8) is 0 Å². The molecule has 0 saturated carbocycles. The molecule has 0 bridgehead atoms. The average molecular weight is 309 g/mol. The van der Waals surface area contributed by atoms with E-state index in [9.17, 15) is 0 Å². The van der Waals surface area contributed by atoms with Gasteiger partial charge in [-0.05, 0) is 0 Å². The van der Waals surface area contributed by atoms with Gasteiger partial charge in [0.25, 0.3) is 0 Å². The summed E-state index contributed by atoms with van der Waals surface area (Å²) in [5.41, 5.74) is 0.0784. The molecule has 0 nitrogen and oxygen atoms in total. The molecule has 0 heterocycles. The standard InChI is InChI=1S/C2H6Si.2BrH.Zr/c1-3-2;;;/h1-2H3;2*1H;/q;;;+2/p-2. The van der Waals surface area contributed by atoms with Crippen LogP contribution in [-0.4, -0.2) is 5.43 Å². The number of halogens is 2. The van der Waals surface area contributed by atoms with Gasteiger partial charge in [0.1, 0.15) is 0 Å². The van der Waals surface area contributed by atoms with Crippen LogP contribution in [0.1, 0.15) is 0 Å². The first-order chi connectivity index (χ1) is 2.64. The molecule has 6 heavy (non-hydrogen) atoms. The molecule has 0 aromatic carbocycles. The normalized spacial score (nSPS) is 8.00. The predicted molar refractivity (Wildman–Crippen MR) is 35.3 cm³/mol. The molecule has 4 heteroatoms. The molecule has 0 aliphatic heterocycles. The molecule has 0 aromatic heterocycles. The average Bonchev–Trinajstić information content (AvgIpc) is 1.36. The molecule has 0 fully saturated rings. The molecule has 36 valence electrons. The summed E-state index contributed by atoms with van der Waals surface area (Å²) in [5.74, 6) is 0. The van der Waals surface area contributed by atoms with Gasteiger partial charge in [0, 0.05) is 0 Å². The van der Waals surface area contributed by atoms with Crippen molar-refractivity contribution in [3.8, 4) is 0 Å². The van der Waals surface area contributed by atoms with Crippen LogP contribution in [0, 0.1) is 0 Å². The van der Waals surface area contributed by atoms with E-state index < -0.39 is 15.7 Å². The molecule has 0 atom stereocenters. The summed E-state index contributed by atoms with van der Waals surface area (Å²) in [6.45, 7) is 4.67. The molecule has 0 aliphatic rings. The molecule has 0 spiro atoms. The summed E-state index contributed by atoms with van der Waals surface area (Å²) in [7, 11) is 0. The molecule has 0 saturated heterocycles. The van der Waals surface area contributed by atoms with Gasteiger partial charge < -0.3 is 0 Å². The van der Waals surface area contributed by atoms with Gasteiger partial charge in [-0.3, -0.25) is 0 Å². The van der Waals surface area contributed by atoms with Gasteiger partial charge in [0.15, 0.2) is 0 Å². The van der Waals surface area contributed by atoms with E-state index in [2.05, 4.69) is 37.5 Å². The minimum absolute atomic E-state index is 0.0784. The van der Waals surface area contributed by atoms with Crippen molar-refractivity contribution in [2.45, 2.75) is 13.1 Å². The van der Waals surface area contributed by atoms with Crippen molar-refractivity contribution in [1.82, 2.24) is 0 Å². The predicted octanol–water partition coefficient (Wildman–Crippen LogP) is 2.48. The van der Waals surface area contributed by atoms with Crippen LogP contribution in [0.4, 0.5) is 0 Å². The maximum atomic E-state index is 3.60. The molecule has 0 aromatic rings. The van der Waals surface area contributed by atoms with E-state index in [4.69, 9.17) is 0 Å². The Hall–Kier alpha value is 2.06. The number of hydrogen-bond donors (Lipinski definition) is 0. The van der Waals surface area contributed by atoms with Crippen LogP contribution in [0.5, 0.6) is 0 Å². The summed E-state index contributed by atoms with van der Waals surface area (Å²) in [6, 6.07) is 0. The fourth-order valence-electron chi connectivity index (χ4n) is 0. The first-order valence-electron chi connectivity index (χ1n) is 1.63. The van der Waals surface area contributed by atoms with Gasteiger partial charge in [0.05, 0.1) is 0 Å². The Kier molecular flexibility index (Phi) is 5.36. The molecule has 0 amide bonds. The molecule has 0 radical (unpaired) electrons. The van der Waals surface area contributed by atoms with E-state index in [1.165, 1.54) is 0 Å². The second-order valence-electron chi connectivity index (χ2n) is 1.26. The summed E-state index contributed by atoms with van der Waals surface area (Å²) in [4.78, 5) is 0. The maximum absolute atomic E-state index is 3.60. The fraction of sp³-hybridized carbons (Fsp3) is 1.00. The van der Waals surface area contributed by atoms with Gasteiger partial charge in [-0.2, -0.15) is 0 Å². The quantitative estimate of drug-likeness (QED) is 0.603. The minimum atomic E-state index is -0.973. The van der Waals surface area contributed by atoms with E-state index in [1.54, 1.807) is 0 Å². The van der Waals surface area contributed by atoms with E-state index in [-0.39, 0.29) is 5.43 Å². The monoisotopic (exact) mass is 306 g/mol. The zero-order valence-electron chi connectivity index (χ0n) is 3.76. The number of hydrogen-bond acceptors (Lipinski definition) is 0. The second-order valence-corrected chi connectivity index (χ2v) is 39.2. The summed E-state index contributed by atoms with van der Waals surface area (Å²) >= 11 is 6.22. The number of rotatable bonds is 0. The first kappa shape index (κ1) is 8.06. The van der Waals surface area contributed by atoms with Crippen LogP contribution < -0.4 is 0 Å². The van der Waals surface area contributed by atoms with Gasteiger partial charge >= 0.3 is 58.6 Å². The van der Waals surface area contributed by atoms with E-state index in [0.717, 1.165) is 0 Å². The molecule has 0 N–H and O–H groups in total. The Balaban J connectivity index is 3.68. The third-order valence-corrected chi connectivity index (χ3v) is 34.9. The first-order valence-corrected chi connectivity index (χ1v) is 19.1. The summed E-state index contributed by atoms with van der Waals surface area (Å²) in [6.07, 6.45) is 0. The van der Waals surface area contributed by atoms with Crippen molar-refractivity contribution in [1.29, 1.82) is 0 Å². The van der Waals surface area contributed by atoms with Crippen LogP contribution in [0.25, 0.3) is 0 Å². The van der Waals surface area contributed by atoms with Crippen molar-refractivity contribution in [2.75, 3.05) is 0 Å². The summed E-state index contributed by atoms with van der Waals surface area (Å²) < 4.78 is 0. The van der Waals surface area contributed by atoms with Crippen molar-refractivity contribution in [3.05, 3.63) is 0 Å². The van der Waals surface area contributed by atoms with Gasteiger partial charge in [-0.25, -0.2) is 0 Å². The molecule has 0 rings (SSSR count). The van der Waals surface area contributed by atoms with Crippen LogP contribution in [-0.2, 0) is 15.7 Å². The van der Waals surface area contributed by atoms with Crippen LogP contribution in [0.2, 0.25) is 13.1 Å². The Labute approximate surface area is 57.8 Å². The molecule has 0 aliphatic carbocycles. The second kappa shape index (κ2) is 3.99. The van der Waals surface area contributed by atoms with Crippen molar-refractivity contribution < 1.29 is 15.7 Å². The van der Waals surface area contributed by atoms with Crippen LogP contribution in [0.3, 0.4) is 0 Å². The summed E-state index contributed by atoms with van der Waals surface area (Å²) in [5, 5.41) is 0.